The highest BCUT2D eigenvalue weighted by Crippen LogP contribution is 1.92. The predicted molar refractivity (Wildman–Crippen MR) is 52.4 cm³/mol. The first-order valence-corrected chi connectivity index (χ1v) is 4.69. The van der Waals surface area contributed by atoms with E-state index in [0.717, 1.165) is 0 Å². The van der Waals surface area contributed by atoms with Gasteiger partial charge >= 0.3 is 5.97 Å². The average molecular weight is 188 g/mol. The molecule has 0 saturated carbocycles. The number of hydrogen-bond donors (Lipinski definition) is 2. The Hall–Kier alpha value is -0.610. The molecule has 0 aromatic rings. The molecule has 0 bridgehead atoms. The van der Waals surface area contributed by atoms with Crippen LogP contribution < -0.4 is 11.1 Å². The molecule has 0 amide bonds. The zero-order valence-corrected chi connectivity index (χ0v) is 8.67. The van der Waals surface area contributed by atoms with E-state index in [0.29, 0.717) is 19.5 Å². The third kappa shape index (κ3) is 7.74. The summed E-state index contributed by atoms with van der Waals surface area (Å²) < 4.78 is 4.96. The van der Waals surface area contributed by atoms with Crippen molar-refractivity contribution in [3.05, 3.63) is 0 Å². The Kier molecular flexibility index (Phi) is 6.54. The second-order valence-electron chi connectivity index (χ2n) is 3.38. The number of hydrogen-bond acceptors (Lipinski definition) is 4. The second-order valence-corrected chi connectivity index (χ2v) is 3.38. The molecule has 0 aliphatic carbocycles. The fraction of sp³-hybridized carbons (Fsp3) is 0.889. The predicted octanol–water partition coefficient (Wildman–Crippen LogP) is 0.265. The maximum Gasteiger partial charge on any atom is 0.307 e. The fourth-order valence-electron chi connectivity index (χ4n) is 0.826. The molecule has 0 aliphatic rings. The highest BCUT2D eigenvalue weighted by atomic mass is 16.5. The molecule has 78 valence electrons. The van der Waals surface area contributed by atoms with Crippen LogP contribution in [0.5, 0.6) is 0 Å². The Labute approximate surface area is 79.8 Å². The third-order valence-electron chi connectivity index (χ3n) is 1.54. The molecule has 0 aliphatic heterocycles. The Morgan fingerprint density at radius 2 is 2.08 bits per heavy atom. The molecular weight excluding hydrogens is 168 g/mol. The minimum atomic E-state index is -0.160. The summed E-state index contributed by atoms with van der Waals surface area (Å²) in [6, 6.07) is 0.256. The lowest BCUT2D eigenvalue weighted by atomic mass is 10.3. The van der Waals surface area contributed by atoms with Crippen LogP contribution in [0.3, 0.4) is 0 Å². The van der Waals surface area contributed by atoms with Gasteiger partial charge in [0.25, 0.3) is 0 Å². The van der Waals surface area contributed by atoms with Gasteiger partial charge in [-0.3, -0.25) is 4.79 Å². The largest absolute Gasteiger partial charge is 0.463 e. The highest BCUT2D eigenvalue weighted by molar-refractivity contribution is 5.69. The molecule has 13 heavy (non-hydrogen) atoms. The van der Waals surface area contributed by atoms with Crippen LogP contribution in [0.1, 0.15) is 27.2 Å². The Morgan fingerprint density at radius 1 is 1.46 bits per heavy atom. The quantitative estimate of drug-likeness (QED) is 0.587. The number of carbonyl (C=O) groups is 1. The summed E-state index contributed by atoms with van der Waals surface area (Å²) in [5.74, 6) is -0.160. The topological polar surface area (TPSA) is 64.3 Å². The van der Waals surface area contributed by atoms with Crippen molar-refractivity contribution in [2.45, 2.75) is 39.3 Å². The fourth-order valence-corrected chi connectivity index (χ4v) is 0.826. The number of nitrogens with one attached hydrogen (secondary N) is 1. The summed E-state index contributed by atoms with van der Waals surface area (Å²) in [7, 11) is 0. The van der Waals surface area contributed by atoms with Gasteiger partial charge < -0.3 is 15.8 Å². The molecule has 0 aromatic carbocycles. The van der Waals surface area contributed by atoms with E-state index in [1.165, 1.54) is 0 Å². The van der Waals surface area contributed by atoms with Crippen LogP contribution in [0.25, 0.3) is 0 Å². The summed E-state index contributed by atoms with van der Waals surface area (Å²) in [6.07, 6.45) is 0.377. The molecule has 1 unspecified atom stereocenters. The summed E-state index contributed by atoms with van der Waals surface area (Å²) >= 11 is 0. The SMILES string of the molecule is CC(CN)NCCC(=O)OC(C)C. The van der Waals surface area contributed by atoms with Gasteiger partial charge in [0.15, 0.2) is 0 Å². The van der Waals surface area contributed by atoms with Gasteiger partial charge in [-0.15, -0.1) is 0 Å². The highest BCUT2D eigenvalue weighted by Gasteiger charge is 2.05. The van der Waals surface area contributed by atoms with Crippen molar-refractivity contribution >= 4 is 5.97 Å². The van der Waals surface area contributed by atoms with Gasteiger partial charge in [0.05, 0.1) is 12.5 Å². The van der Waals surface area contributed by atoms with Crippen molar-refractivity contribution in [1.82, 2.24) is 5.32 Å². The standard InChI is InChI=1S/C9H20N2O2/c1-7(2)13-9(12)4-5-11-8(3)6-10/h7-8,11H,4-6,10H2,1-3H3. The maximum absolute atomic E-state index is 11.0. The average Bonchev–Trinajstić information content (AvgIpc) is 2.02. The van der Waals surface area contributed by atoms with Crippen molar-refractivity contribution < 1.29 is 9.53 Å². The molecule has 3 N–H and O–H groups in total. The van der Waals surface area contributed by atoms with E-state index in [-0.39, 0.29) is 18.1 Å². The molecule has 0 heterocycles. The number of esters is 1. The monoisotopic (exact) mass is 188 g/mol. The maximum atomic E-state index is 11.0. The smallest absolute Gasteiger partial charge is 0.307 e. The lowest BCUT2D eigenvalue weighted by molar-refractivity contribution is -0.147. The molecule has 4 nitrogen and oxygen atoms in total. The first-order valence-electron chi connectivity index (χ1n) is 4.69. The molecule has 0 aromatic heterocycles. The summed E-state index contributed by atoms with van der Waals surface area (Å²) in [4.78, 5) is 11.0. The Balaban J connectivity index is 3.37. The minimum absolute atomic E-state index is 0.0283. The van der Waals surface area contributed by atoms with Crippen molar-refractivity contribution in [2.75, 3.05) is 13.1 Å². The molecule has 0 rings (SSSR count). The van der Waals surface area contributed by atoms with Crippen LogP contribution in [0.4, 0.5) is 0 Å². The van der Waals surface area contributed by atoms with Gasteiger partial charge in [-0.05, 0) is 20.8 Å². The molecule has 0 fully saturated rings. The molecular formula is C9H20N2O2. The molecule has 1 atom stereocenters. The van der Waals surface area contributed by atoms with Gasteiger partial charge in [-0.2, -0.15) is 0 Å². The zero-order valence-electron chi connectivity index (χ0n) is 8.67. The van der Waals surface area contributed by atoms with E-state index in [9.17, 15) is 4.79 Å². The van der Waals surface area contributed by atoms with Gasteiger partial charge in [0, 0.05) is 19.1 Å². The first-order chi connectivity index (χ1) is 6.06. The third-order valence-corrected chi connectivity index (χ3v) is 1.54. The van der Waals surface area contributed by atoms with Crippen LogP contribution in [-0.4, -0.2) is 31.2 Å². The van der Waals surface area contributed by atoms with E-state index in [2.05, 4.69) is 5.32 Å². The van der Waals surface area contributed by atoms with Crippen LogP contribution in [0.15, 0.2) is 0 Å². The van der Waals surface area contributed by atoms with E-state index < -0.39 is 0 Å². The van der Waals surface area contributed by atoms with Gasteiger partial charge in [-0.1, -0.05) is 0 Å². The summed E-state index contributed by atoms with van der Waals surface area (Å²) in [6.45, 7) is 6.87. The number of ether oxygens (including phenoxy) is 1. The van der Waals surface area contributed by atoms with Crippen LogP contribution in [0.2, 0.25) is 0 Å². The van der Waals surface area contributed by atoms with Crippen molar-refractivity contribution in [1.29, 1.82) is 0 Å². The van der Waals surface area contributed by atoms with Gasteiger partial charge in [0.1, 0.15) is 0 Å². The van der Waals surface area contributed by atoms with E-state index in [1.54, 1.807) is 0 Å². The first kappa shape index (κ1) is 12.4. The van der Waals surface area contributed by atoms with Crippen LogP contribution in [0, 0.1) is 0 Å². The lowest BCUT2D eigenvalue weighted by Gasteiger charge is -2.11. The lowest BCUT2D eigenvalue weighted by Crippen LogP contribution is -2.34. The Bertz CT molecular complexity index is 149. The van der Waals surface area contributed by atoms with Crippen molar-refractivity contribution in [2.24, 2.45) is 5.73 Å². The normalized spacial score (nSPS) is 13.0. The number of rotatable bonds is 6. The molecule has 0 saturated heterocycles. The molecule has 4 heteroatoms. The summed E-state index contributed by atoms with van der Waals surface area (Å²) in [5.41, 5.74) is 5.39. The van der Waals surface area contributed by atoms with Crippen LogP contribution >= 0.6 is 0 Å². The molecule has 0 spiro atoms. The van der Waals surface area contributed by atoms with E-state index in [4.69, 9.17) is 10.5 Å². The zero-order chi connectivity index (χ0) is 10.3. The number of carbonyl (C=O) groups excluding carboxylic acids is 1. The number of nitrogens with two attached hydrogens (primary N) is 1. The second kappa shape index (κ2) is 6.86. The van der Waals surface area contributed by atoms with Crippen molar-refractivity contribution in [3.8, 4) is 0 Å². The van der Waals surface area contributed by atoms with Crippen molar-refractivity contribution in [3.63, 3.8) is 0 Å². The van der Waals surface area contributed by atoms with E-state index in [1.807, 2.05) is 20.8 Å². The van der Waals surface area contributed by atoms with Gasteiger partial charge in [-0.25, -0.2) is 0 Å². The molecule has 0 radical (unpaired) electrons. The van der Waals surface area contributed by atoms with Crippen LogP contribution in [-0.2, 0) is 9.53 Å². The van der Waals surface area contributed by atoms with Gasteiger partial charge in [0.2, 0.25) is 0 Å². The minimum Gasteiger partial charge on any atom is -0.463 e. The summed E-state index contributed by atoms with van der Waals surface area (Å²) in [5, 5.41) is 3.11. The Morgan fingerprint density at radius 3 is 2.54 bits per heavy atom. The van der Waals surface area contributed by atoms with E-state index >= 15 is 0 Å².